The van der Waals surface area contributed by atoms with Crippen molar-refractivity contribution < 1.29 is 14.1 Å². The fraction of sp³-hybridized carbons (Fsp3) is 0.286. The van der Waals surface area contributed by atoms with Crippen molar-refractivity contribution in [3.8, 4) is 17.2 Å². The standard InChI is InChI=1S/C21H23N3O3/c1-14(2)20-23-21(27-24-20)17-11-7-8-12-18(17)26-13-19(25)22-15(3)16-9-5-4-6-10-16/h4-12,14-15H,13H2,1-3H3,(H,22,25). The van der Waals surface area contributed by atoms with Gasteiger partial charge in [0.2, 0.25) is 0 Å². The number of amides is 1. The molecule has 1 unspecified atom stereocenters. The van der Waals surface area contributed by atoms with Gasteiger partial charge in [-0.15, -0.1) is 0 Å². The van der Waals surface area contributed by atoms with Crippen LogP contribution in [-0.2, 0) is 4.79 Å². The van der Waals surface area contributed by atoms with E-state index in [1.54, 1.807) is 6.07 Å². The molecule has 0 spiro atoms. The summed E-state index contributed by atoms with van der Waals surface area (Å²) in [5.74, 6) is 1.51. The number of rotatable bonds is 7. The lowest BCUT2D eigenvalue weighted by molar-refractivity contribution is -0.123. The Morgan fingerprint density at radius 2 is 1.78 bits per heavy atom. The van der Waals surface area contributed by atoms with Crippen molar-refractivity contribution in [1.82, 2.24) is 15.5 Å². The van der Waals surface area contributed by atoms with Crippen LogP contribution in [0.5, 0.6) is 5.75 Å². The fourth-order valence-corrected chi connectivity index (χ4v) is 2.60. The molecule has 0 aliphatic rings. The lowest BCUT2D eigenvalue weighted by Gasteiger charge is -2.15. The molecule has 0 fully saturated rings. The SMILES string of the molecule is CC(C)c1noc(-c2ccccc2OCC(=O)NC(C)c2ccccc2)n1. The van der Waals surface area contributed by atoms with Crippen LogP contribution in [0.3, 0.4) is 0 Å². The van der Waals surface area contributed by atoms with Gasteiger partial charge >= 0.3 is 0 Å². The first-order chi connectivity index (χ1) is 13.0. The van der Waals surface area contributed by atoms with Crippen LogP contribution < -0.4 is 10.1 Å². The van der Waals surface area contributed by atoms with E-state index in [4.69, 9.17) is 9.26 Å². The minimum absolute atomic E-state index is 0.0953. The normalized spacial score (nSPS) is 12.0. The number of para-hydroxylation sites is 1. The lowest BCUT2D eigenvalue weighted by atomic mass is 10.1. The van der Waals surface area contributed by atoms with E-state index in [1.807, 2.05) is 69.3 Å². The van der Waals surface area contributed by atoms with Gasteiger partial charge in [-0.2, -0.15) is 4.98 Å². The number of carbonyl (C=O) groups excluding carboxylic acids is 1. The summed E-state index contributed by atoms with van der Waals surface area (Å²) in [5, 5.41) is 6.91. The molecular weight excluding hydrogens is 342 g/mol. The minimum atomic E-state index is -0.199. The molecule has 6 heteroatoms. The van der Waals surface area contributed by atoms with Gasteiger partial charge in [0, 0.05) is 5.92 Å². The molecule has 0 saturated heterocycles. The summed E-state index contributed by atoms with van der Waals surface area (Å²) in [4.78, 5) is 16.7. The summed E-state index contributed by atoms with van der Waals surface area (Å²) in [6.07, 6.45) is 0. The molecule has 0 bridgehead atoms. The molecule has 0 radical (unpaired) electrons. The van der Waals surface area contributed by atoms with Crippen LogP contribution in [0.25, 0.3) is 11.5 Å². The van der Waals surface area contributed by atoms with E-state index in [2.05, 4.69) is 15.5 Å². The molecule has 0 aliphatic carbocycles. The van der Waals surface area contributed by atoms with Gasteiger partial charge in [-0.25, -0.2) is 0 Å². The average Bonchev–Trinajstić information content (AvgIpc) is 3.17. The summed E-state index contributed by atoms with van der Waals surface area (Å²) in [5.41, 5.74) is 1.71. The van der Waals surface area contributed by atoms with Crippen LogP contribution in [0, 0.1) is 0 Å². The first kappa shape index (κ1) is 18.6. The molecule has 3 rings (SSSR count). The van der Waals surface area contributed by atoms with Crippen molar-refractivity contribution in [3.05, 3.63) is 66.0 Å². The van der Waals surface area contributed by atoms with Gasteiger partial charge in [0.15, 0.2) is 12.4 Å². The zero-order chi connectivity index (χ0) is 19.2. The Kier molecular flexibility index (Phi) is 5.86. The van der Waals surface area contributed by atoms with Crippen molar-refractivity contribution in [1.29, 1.82) is 0 Å². The molecule has 1 atom stereocenters. The second-order valence-electron chi connectivity index (χ2n) is 6.60. The number of ether oxygens (including phenoxy) is 1. The number of hydrogen-bond acceptors (Lipinski definition) is 5. The zero-order valence-corrected chi connectivity index (χ0v) is 15.7. The van der Waals surface area contributed by atoms with E-state index < -0.39 is 0 Å². The Bertz CT molecular complexity index is 890. The summed E-state index contributed by atoms with van der Waals surface area (Å²) in [6.45, 7) is 5.83. The monoisotopic (exact) mass is 365 g/mol. The second-order valence-corrected chi connectivity index (χ2v) is 6.60. The summed E-state index contributed by atoms with van der Waals surface area (Å²) < 4.78 is 11.1. The maximum atomic E-state index is 12.3. The third-order valence-corrected chi connectivity index (χ3v) is 4.11. The van der Waals surface area contributed by atoms with Crippen LogP contribution in [0.1, 0.15) is 44.1 Å². The number of carbonyl (C=O) groups is 1. The van der Waals surface area contributed by atoms with Crippen molar-refractivity contribution in [2.75, 3.05) is 6.61 Å². The van der Waals surface area contributed by atoms with Crippen LogP contribution in [-0.4, -0.2) is 22.7 Å². The van der Waals surface area contributed by atoms with Crippen molar-refractivity contribution >= 4 is 5.91 Å². The van der Waals surface area contributed by atoms with Crippen molar-refractivity contribution in [3.63, 3.8) is 0 Å². The van der Waals surface area contributed by atoms with Crippen LogP contribution >= 0.6 is 0 Å². The smallest absolute Gasteiger partial charge is 0.261 e. The minimum Gasteiger partial charge on any atom is -0.483 e. The molecule has 140 valence electrons. The highest BCUT2D eigenvalue weighted by molar-refractivity contribution is 5.78. The molecule has 1 N–H and O–H groups in total. The lowest BCUT2D eigenvalue weighted by Crippen LogP contribution is -2.31. The number of benzene rings is 2. The number of aromatic nitrogens is 2. The predicted molar refractivity (Wildman–Crippen MR) is 102 cm³/mol. The van der Waals surface area contributed by atoms with Gasteiger partial charge in [0.05, 0.1) is 11.6 Å². The van der Waals surface area contributed by atoms with E-state index in [9.17, 15) is 4.79 Å². The Hall–Kier alpha value is -3.15. The molecule has 6 nitrogen and oxygen atoms in total. The topological polar surface area (TPSA) is 77.2 Å². The fourth-order valence-electron chi connectivity index (χ4n) is 2.60. The number of nitrogens with one attached hydrogen (secondary N) is 1. The molecule has 0 aliphatic heterocycles. The van der Waals surface area contributed by atoms with Gasteiger partial charge in [0.1, 0.15) is 5.75 Å². The van der Waals surface area contributed by atoms with Gasteiger partial charge in [-0.05, 0) is 24.6 Å². The predicted octanol–water partition coefficient (Wildman–Crippen LogP) is 4.12. The third kappa shape index (κ3) is 4.73. The Balaban J connectivity index is 1.65. The maximum Gasteiger partial charge on any atom is 0.261 e. The number of nitrogens with zero attached hydrogens (tertiary/aromatic N) is 2. The highest BCUT2D eigenvalue weighted by Gasteiger charge is 2.16. The first-order valence-corrected chi connectivity index (χ1v) is 8.94. The van der Waals surface area contributed by atoms with E-state index in [0.717, 1.165) is 5.56 Å². The summed E-state index contributed by atoms with van der Waals surface area (Å²) in [7, 11) is 0. The Morgan fingerprint density at radius 3 is 2.48 bits per heavy atom. The van der Waals surface area contributed by atoms with Gasteiger partial charge in [0.25, 0.3) is 11.8 Å². The Morgan fingerprint density at radius 1 is 1.07 bits per heavy atom. The van der Waals surface area contributed by atoms with Gasteiger partial charge in [-0.3, -0.25) is 4.79 Å². The van der Waals surface area contributed by atoms with Gasteiger partial charge in [-0.1, -0.05) is 61.5 Å². The van der Waals surface area contributed by atoms with E-state index in [-0.39, 0.29) is 24.5 Å². The van der Waals surface area contributed by atoms with Crippen LogP contribution in [0.2, 0.25) is 0 Å². The van der Waals surface area contributed by atoms with Crippen molar-refractivity contribution in [2.45, 2.75) is 32.7 Å². The molecule has 27 heavy (non-hydrogen) atoms. The highest BCUT2D eigenvalue weighted by atomic mass is 16.5. The average molecular weight is 365 g/mol. The highest BCUT2D eigenvalue weighted by Crippen LogP contribution is 2.29. The van der Waals surface area contributed by atoms with Crippen LogP contribution in [0.15, 0.2) is 59.1 Å². The molecule has 2 aromatic carbocycles. The van der Waals surface area contributed by atoms with E-state index in [1.165, 1.54) is 0 Å². The van der Waals surface area contributed by atoms with E-state index >= 15 is 0 Å². The number of hydrogen-bond donors (Lipinski definition) is 1. The molecular formula is C21H23N3O3. The summed E-state index contributed by atoms with van der Waals surface area (Å²) in [6, 6.07) is 17.0. The van der Waals surface area contributed by atoms with E-state index in [0.29, 0.717) is 23.0 Å². The molecule has 1 amide bonds. The Labute approximate surface area is 158 Å². The summed E-state index contributed by atoms with van der Waals surface area (Å²) >= 11 is 0. The molecule has 1 heterocycles. The maximum absolute atomic E-state index is 12.3. The van der Waals surface area contributed by atoms with Crippen molar-refractivity contribution in [2.24, 2.45) is 0 Å². The van der Waals surface area contributed by atoms with Gasteiger partial charge < -0.3 is 14.6 Å². The second kappa shape index (κ2) is 8.49. The third-order valence-electron chi connectivity index (χ3n) is 4.11. The van der Waals surface area contributed by atoms with Crippen LogP contribution in [0.4, 0.5) is 0 Å². The first-order valence-electron chi connectivity index (χ1n) is 8.94. The zero-order valence-electron chi connectivity index (χ0n) is 15.7. The molecule has 1 aromatic heterocycles. The molecule has 0 saturated carbocycles. The quantitative estimate of drug-likeness (QED) is 0.681. The molecule has 3 aromatic rings. The largest absolute Gasteiger partial charge is 0.483 e.